The van der Waals surface area contributed by atoms with Crippen LogP contribution in [0.25, 0.3) is 11.0 Å². The molecule has 3 nitrogen and oxygen atoms in total. The van der Waals surface area contributed by atoms with Gasteiger partial charge in [0.05, 0.1) is 17.1 Å². The van der Waals surface area contributed by atoms with E-state index >= 15 is 0 Å². The number of benzene rings is 1. The zero-order chi connectivity index (χ0) is 14.2. The Morgan fingerprint density at radius 3 is 2.95 bits per heavy atom. The monoisotopic (exact) mass is 289 g/mol. The molecule has 0 radical (unpaired) electrons. The number of hydrogen-bond donors (Lipinski definition) is 2. The molecule has 1 aromatic heterocycles. The Kier molecular flexibility index (Phi) is 3.78. The van der Waals surface area contributed by atoms with E-state index in [0.717, 1.165) is 16.9 Å². The lowest BCUT2D eigenvalue weighted by Crippen LogP contribution is -2.47. The standard InChI is InChI=1S/C16H23N3S/c1-11(17-14-10-20-9-8-16(14,2)3)15-18-12-6-4-5-7-13(12)19-15/h4-7,11,14,17H,8-10H2,1-3H3,(H,18,19). The highest BCUT2D eigenvalue weighted by Crippen LogP contribution is 2.35. The molecule has 0 bridgehead atoms. The summed E-state index contributed by atoms with van der Waals surface area (Å²) in [6.45, 7) is 6.94. The number of aromatic amines is 1. The van der Waals surface area contributed by atoms with Crippen molar-refractivity contribution >= 4 is 22.8 Å². The molecule has 3 rings (SSSR count). The third kappa shape index (κ3) is 2.72. The molecule has 1 saturated heterocycles. The fraction of sp³-hybridized carbons (Fsp3) is 0.562. The zero-order valence-corrected chi connectivity index (χ0v) is 13.3. The van der Waals surface area contributed by atoms with Crippen molar-refractivity contribution in [1.82, 2.24) is 15.3 Å². The van der Waals surface area contributed by atoms with Crippen LogP contribution in [0.1, 0.15) is 39.1 Å². The van der Waals surface area contributed by atoms with Crippen molar-refractivity contribution in [1.29, 1.82) is 0 Å². The van der Waals surface area contributed by atoms with Gasteiger partial charge in [0.25, 0.3) is 0 Å². The molecule has 2 unspecified atom stereocenters. The summed E-state index contributed by atoms with van der Waals surface area (Å²) in [7, 11) is 0. The van der Waals surface area contributed by atoms with Crippen LogP contribution in [-0.2, 0) is 0 Å². The van der Waals surface area contributed by atoms with Crippen LogP contribution in [0.2, 0.25) is 0 Å². The summed E-state index contributed by atoms with van der Waals surface area (Å²) >= 11 is 2.05. The molecule has 1 aliphatic rings. The second-order valence-electron chi connectivity index (χ2n) is 6.39. The summed E-state index contributed by atoms with van der Waals surface area (Å²) in [5.74, 6) is 3.51. The predicted octanol–water partition coefficient (Wildman–Crippen LogP) is 3.75. The Balaban J connectivity index is 1.76. The number of fused-ring (bicyclic) bond motifs is 1. The maximum absolute atomic E-state index is 4.70. The van der Waals surface area contributed by atoms with Gasteiger partial charge in [-0.25, -0.2) is 4.98 Å². The van der Waals surface area contributed by atoms with Crippen LogP contribution in [0.4, 0.5) is 0 Å². The van der Waals surface area contributed by atoms with Gasteiger partial charge in [0, 0.05) is 11.8 Å². The van der Waals surface area contributed by atoms with Gasteiger partial charge in [-0.1, -0.05) is 26.0 Å². The van der Waals surface area contributed by atoms with E-state index in [9.17, 15) is 0 Å². The lowest BCUT2D eigenvalue weighted by Gasteiger charge is -2.40. The van der Waals surface area contributed by atoms with Gasteiger partial charge in [0.2, 0.25) is 0 Å². The largest absolute Gasteiger partial charge is 0.341 e. The Bertz CT molecular complexity index is 557. The first-order valence-electron chi connectivity index (χ1n) is 7.35. The van der Waals surface area contributed by atoms with Crippen molar-refractivity contribution in [2.45, 2.75) is 39.3 Å². The van der Waals surface area contributed by atoms with Crippen molar-refractivity contribution in [2.75, 3.05) is 11.5 Å². The van der Waals surface area contributed by atoms with E-state index in [1.165, 1.54) is 17.9 Å². The maximum Gasteiger partial charge on any atom is 0.124 e. The summed E-state index contributed by atoms with van der Waals surface area (Å²) in [6, 6.07) is 9.02. The molecule has 4 heteroatoms. The van der Waals surface area contributed by atoms with Crippen molar-refractivity contribution in [2.24, 2.45) is 5.41 Å². The van der Waals surface area contributed by atoms with Crippen LogP contribution in [0.3, 0.4) is 0 Å². The molecule has 20 heavy (non-hydrogen) atoms. The summed E-state index contributed by atoms with van der Waals surface area (Å²) in [4.78, 5) is 8.13. The van der Waals surface area contributed by atoms with Crippen molar-refractivity contribution < 1.29 is 0 Å². The van der Waals surface area contributed by atoms with E-state index < -0.39 is 0 Å². The number of imidazole rings is 1. The first-order valence-corrected chi connectivity index (χ1v) is 8.50. The molecule has 1 aromatic carbocycles. The summed E-state index contributed by atoms with van der Waals surface area (Å²) in [5.41, 5.74) is 2.53. The summed E-state index contributed by atoms with van der Waals surface area (Å²) < 4.78 is 0. The molecule has 1 fully saturated rings. The minimum absolute atomic E-state index is 0.255. The number of nitrogens with one attached hydrogen (secondary N) is 2. The number of thioether (sulfide) groups is 1. The molecule has 2 atom stereocenters. The molecular weight excluding hydrogens is 266 g/mol. The summed E-state index contributed by atoms with van der Waals surface area (Å²) in [6.07, 6.45) is 1.28. The van der Waals surface area contributed by atoms with Crippen molar-refractivity contribution in [3.8, 4) is 0 Å². The van der Waals surface area contributed by atoms with Crippen LogP contribution < -0.4 is 5.32 Å². The van der Waals surface area contributed by atoms with Gasteiger partial charge in [0.15, 0.2) is 0 Å². The second kappa shape index (κ2) is 5.41. The number of H-pyrrole nitrogens is 1. The van der Waals surface area contributed by atoms with E-state index in [0.29, 0.717) is 11.5 Å². The van der Waals surface area contributed by atoms with Crippen LogP contribution >= 0.6 is 11.8 Å². The highest BCUT2D eigenvalue weighted by atomic mass is 32.2. The second-order valence-corrected chi connectivity index (χ2v) is 7.54. The summed E-state index contributed by atoms with van der Waals surface area (Å²) in [5, 5.41) is 3.77. The predicted molar refractivity (Wildman–Crippen MR) is 87.2 cm³/mol. The van der Waals surface area contributed by atoms with Crippen LogP contribution in [-0.4, -0.2) is 27.5 Å². The van der Waals surface area contributed by atoms with Gasteiger partial charge in [-0.2, -0.15) is 11.8 Å². The zero-order valence-electron chi connectivity index (χ0n) is 12.4. The molecule has 2 aromatic rings. The Morgan fingerprint density at radius 2 is 2.20 bits per heavy atom. The number of aromatic nitrogens is 2. The first kappa shape index (κ1) is 14.0. The Labute approximate surface area is 124 Å². The lowest BCUT2D eigenvalue weighted by molar-refractivity contribution is 0.230. The Hall–Kier alpha value is -1.00. The smallest absolute Gasteiger partial charge is 0.124 e. The van der Waals surface area contributed by atoms with E-state index in [1.807, 2.05) is 12.1 Å². The van der Waals surface area contributed by atoms with E-state index in [-0.39, 0.29) is 6.04 Å². The van der Waals surface area contributed by atoms with Crippen LogP contribution in [0.5, 0.6) is 0 Å². The SMILES string of the molecule is CC(NC1CSCCC1(C)C)c1nc2ccccc2[nH]1. The minimum Gasteiger partial charge on any atom is -0.341 e. The topological polar surface area (TPSA) is 40.7 Å². The molecule has 0 aliphatic carbocycles. The molecule has 2 heterocycles. The van der Waals surface area contributed by atoms with E-state index in [4.69, 9.17) is 4.98 Å². The third-order valence-electron chi connectivity index (χ3n) is 4.39. The Morgan fingerprint density at radius 1 is 1.40 bits per heavy atom. The van der Waals surface area contributed by atoms with Crippen molar-refractivity contribution in [3.63, 3.8) is 0 Å². The molecule has 1 aliphatic heterocycles. The third-order valence-corrected chi connectivity index (χ3v) is 5.45. The number of nitrogens with zero attached hydrogens (tertiary/aromatic N) is 1. The quantitative estimate of drug-likeness (QED) is 0.904. The van der Waals surface area contributed by atoms with Gasteiger partial charge >= 0.3 is 0 Å². The molecule has 0 spiro atoms. The highest BCUT2D eigenvalue weighted by Gasteiger charge is 2.33. The number of rotatable bonds is 3. The lowest BCUT2D eigenvalue weighted by atomic mass is 9.82. The minimum atomic E-state index is 0.255. The van der Waals surface area contributed by atoms with Gasteiger partial charge < -0.3 is 10.3 Å². The normalized spacial score (nSPS) is 23.9. The average molecular weight is 289 g/mol. The van der Waals surface area contributed by atoms with Gasteiger partial charge in [0.1, 0.15) is 5.82 Å². The number of para-hydroxylation sites is 2. The number of hydrogen-bond acceptors (Lipinski definition) is 3. The van der Waals surface area contributed by atoms with Gasteiger partial charge in [-0.05, 0) is 36.6 Å². The fourth-order valence-corrected chi connectivity index (χ4v) is 4.39. The molecule has 108 valence electrons. The molecular formula is C16H23N3S. The maximum atomic E-state index is 4.70. The average Bonchev–Trinajstić information content (AvgIpc) is 2.85. The fourth-order valence-electron chi connectivity index (χ4n) is 2.77. The van der Waals surface area contributed by atoms with E-state index in [2.05, 4.69) is 55.0 Å². The molecule has 2 N–H and O–H groups in total. The van der Waals surface area contributed by atoms with Crippen LogP contribution in [0.15, 0.2) is 24.3 Å². The molecule has 0 amide bonds. The highest BCUT2D eigenvalue weighted by molar-refractivity contribution is 7.99. The van der Waals surface area contributed by atoms with E-state index in [1.54, 1.807) is 0 Å². The molecule has 0 saturated carbocycles. The van der Waals surface area contributed by atoms with Gasteiger partial charge in [-0.3, -0.25) is 0 Å². The van der Waals surface area contributed by atoms with Crippen molar-refractivity contribution in [3.05, 3.63) is 30.1 Å². The van der Waals surface area contributed by atoms with Gasteiger partial charge in [-0.15, -0.1) is 0 Å². The van der Waals surface area contributed by atoms with Crippen LogP contribution in [0, 0.1) is 5.41 Å². The first-order chi connectivity index (χ1) is 9.56.